The molecule has 0 spiro atoms. The van der Waals surface area contributed by atoms with E-state index in [1.165, 1.54) is 11.3 Å². The summed E-state index contributed by atoms with van der Waals surface area (Å²) in [5, 5.41) is 14.7. The Bertz CT molecular complexity index is 357. The smallest absolute Gasteiger partial charge is 0.408 e. The number of thiazole rings is 1. The van der Waals surface area contributed by atoms with Crippen LogP contribution in [-0.4, -0.2) is 27.9 Å². The van der Waals surface area contributed by atoms with Gasteiger partial charge in [0, 0.05) is 11.6 Å². The molecule has 0 bridgehead atoms. The van der Waals surface area contributed by atoms with Crippen molar-refractivity contribution in [2.45, 2.75) is 45.4 Å². The summed E-state index contributed by atoms with van der Waals surface area (Å²) in [5.74, 6) is 0. The molecule has 0 aromatic carbocycles. The zero-order valence-corrected chi connectivity index (χ0v) is 11.2. The largest absolute Gasteiger partial charge is 0.444 e. The molecule has 0 aliphatic carbocycles. The highest BCUT2D eigenvalue weighted by Crippen LogP contribution is 2.20. The number of carbonyl (C=O) groups excluding carboxylic acids is 1. The Morgan fingerprint density at radius 2 is 2.24 bits per heavy atom. The number of aliphatic hydroxyl groups is 1. The molecule has 0 aliphatic heterocycles. The number of hydrogen-bond acceptors (Lipinski definition) is 5. The van der Waals surface area contributed by atoms with Crippen molar-refractivity contribution in [3.63, 3.8) is 0 Å². The molecule has 1 aromatic rings. The van der Waals surface area contributed by atoms with Gasteiger partial charge in [-0.1, -0.05) is 0 Å². The van der Waals surface area contributed by atoms with E-state index in [9.17, 15) is 9.90 Å². The Morgan fingerprint density at radius 3 is 2.65 bits per heavy atom. The molecule has 1 rings (SSSR count). The van der Waals surface area contributed by atoms with Crippen LogP contribution < -0.4 is 5.32 Å². The van der Waals surface area contributed by atoms with Crippen LogP contribution in [0.2, 0.25) is 0 Å². The predicted molar refractivity (Wildman–Crippen MR) is 65.9 cm³/mol. The first-order chi connectivity index (χ1) is 7.79. The topological polar surface area (TPSA) is 71.5 Å². The first-order valence-corrected chi connectivity index (χ1v) is 6.24. The van der Waals surface area contributed by atoms with Crippen molar-refractivity contribution in [3.05, 3.63) is 16.6 Å². The van der Waals surface area contributed by atoms with Crippen LogP contribution in [0.1, 0.15) is 38.7 Å². The lowest BCUT2D eigenvalue weighted by atomic mass is 10.2. The monoisotopic (exact) mass is 258 g/mol. The molecule has 1 heterocycles. The fraction of sp³-hybridized carbons (Fsp3) is 0.636. The fourth-order valence-electron chi connectivity index (χ4n) is 1.21. The van der Waals surface area contributed by atoms with Crippen molar-refractivity contribution < 1.29 is 14.6 Å². The highest BCUT2D eigenvalue weighted by Gasteiger charge is 2.25. The van der Waals surface area contributed by atoms with Gasteiger partial charge in [0.05, 0.1) is 6.10 Å². The summed E-state index contributed by atoms with van der Waals surface area (Å²) in [4.78, 5) is 15.7. The molecule has 0 saturated carbocycles. The molecule has 2 N–H and O–H groups in total. The Morgan fingerprint density at radius 1 is 1.59 bits per heavy atom. The number of hydrogen-bond donors (Lipinski definition) is 2. The van der Waals surface area contributed by atoms with Crippen LogP contribution in [0.15, 0.2) is 11.6 Å². The highest BCUT2D eigenvalue weighted by molar-refractivity contribution is 7.09. The maximum absolute atomic E-state index is 11.6. The molecule has 0 aliphatic rings. The molecule has 0 saturated heterocycles. The first kappa shape index (κ1) is 13.9. The number of nitrogens with zero attached hydrogens (tertiary/aromatic N) is 1. The van der Waals surface area contributed by atoms with Crippen molar-refractivity contribution in [1.82, 2.24) is 10.3 Å². The Kier molecular flexibility index (Phi) is 4.47. The van der Waals surface area contributed by atoms with E-state index in [2.05, 4.69) is 10.3 Å². The number of aromatic nitrogens is 1. The van der Waals surface area contributed by atoms with Gasteiger partial charge < -0.3 is 15.2 Å². The van der Waals surface area contributed by atoms with Crippen molar-refractivity contribution >= 4 is 17.4 Å². The molecule has 17 heavy (non-hydrogen) atoms. The second-order valence-corrected chi connectivity index (χ2v) is 5.66. The van der Waals surface area contributed by atoms with Crippen molar-refractivity contribution in [1.29, 1.82) is 0 Å². The Balaban J connectivity index is 2.66. The molecule has 1 aromatic heterocycles. The maximum Gasteiger partial charge on any atom is 0.408 e. The maximum atomic E-state index is 11.6. The fourth-order valence-corrected chi connectivity index (χ4v) is 2.00. The molecule has 5 nitrogen and oxygen atoms in total. The minimum absolute atomic E-state index is 0.537. The lowest BCUT2D eigenvalue weighted by molar-refractivity contribution is 0.0435. The zero-order valence-electron chi connectivity index (χ0n) is 10.4. The summed E-state index contributed by atoms with van der Waals surface area (Å²) in [6, 6.07) is -0.537. The minimum atomic E-state index is -0.728. The summed E-state index contributed by atoms with van der Waals surface area (Å²) < 4.78 is 5.13. The number of nitrogens with one attached hydrogen (secondary N) is 1. The Hall–Kier alpha value is -1.14. The molecule has 96 valence electrons. The average molecular weight is 258 g/mol. The van der Waals surface area contributed by atoms with E-state index in [-0.39, 0.29) is 0 Å². The van der Waals surface area contributed by atoms with Gasteiger partial charge in [-0.15, -0.1) is 11.3 Å². The van der Waals surface area contributed by atoms with E-state index in [4.69, 9.17) is 4.74 Å². The van der Waals surface area contributed by atoms with Gasteiger partial charge in [0.1, 0.15) is 16.7 Å². The number of aliphatic hydroxyl groups excluding tert-OH is 1. The Labute approximate surface area is 105 Å². The van der Waals surface area contributed by atoms with Crippen LogP contribution in [0, 0.1) is 0 Å². The third-order valence-corrected chi connectivity index (χ3v) is 2.73. The summed E-state index contributed by atoms with van der Waals surface area (Å²) in [5.41, 5.74) is -0.559. The first-order valence-electron chi connectivity index (χ1n) is 5.36. The van der Waals surface area contributed by atoms with Crippen LogP contribution in [0.5, 0.6) is 0 Å². The van der Waals surface area contributed by atoms with Crippen LogP contribution in [0.25, 0.3) is 0 Å². The van der Waals surface area contributed by atoms with Crippen LogP contribution >= 0.6 is 11.3 Å². The molecule has 0 fully saturated rings. The van der Waals surface area contributed by atoms with Gasteiger partial charge in [0.15, 0.2) is 0 Å². The number of alkyl carbamates (subject to hydrolysis) is 1. The number of rotatable bonds is 3. The zero-order chi connectivity index (χ0) is 13.1. The van der Waals surface area contributed by atoms with Gasteiger partial charge in [0.2, 0.25) is 0 Å². The molecule has 6 heteroatoms. The van der Waals surface area contributed by atoms with E-state index in [0.717, 1.165) is 0 Å². The van der Waals surface area contributed by atoms with E-state index in [0.29, 0.717) is 5.01 Å². The number of carbonyl (C=O) groups is 1. The van der Waals surface area contributed by atoms with Gasteiger partial charge in [-0.3, -0.25) is 0 Å². The summed E-state index contributed by atoms with van der Waals surface area (Å²) in [6.07, 6.45) is 0.346. The second-order valence-electron chi connectivity index (χ2n) is 4.73. The van der Waals surface area contributed by atoms with Crippen molar-refractivity contribution in [2.24, 2.45) is 0 Å². The SMILES string of the molecule is CC(O)C(NC(=O)OC(C)(C)C)c1nccs1. The van der Waals surface area contributed by atoms with Gasteiger partial charge in [-0.05, 0) is 27.7 Å². The third-order valence-electron chi connectivity index (χ3n) is 1.87. The second kappa shape index (κ2) is 5.46. The van der Waals surface area contributed by atoms with E-state index >= 15 is 0 Å². The van der Waals surface area contributed by atoms with E-state index < -0.39 is 23.8 Å². The predicted octanol–water partition coefficient (Wildman–Crippen LogP) is 2.09. The summed E-state index contributed by atoms with van der Waals surface area (Å²) in [6.45, 7) is 6.96. The number of amides is 1. The highest BCUT2D eigenvalue weighted by atomic mass is 32.1. The molecule has 2 atom stereocenters. The van der Waals surface area contributed by atoms with Crippen LogP contribution in [-0.2, 0) is 4.74 Å². The van der Waals surface area contributed by atoms with E-state index in [1.54, 1.807) is 39.3 Å². The molecular weight excluding hydrogens is 240 g/mol. The normalized spacial score (nSPS) is 15.1. The van der Waals surface area contributed by atoms with Gasteiger partial charge >= 0.3 is 6.09 Å². The van der Waals surface area contributed by atoms with Crippen LogP contribution in [0.4, 0.5) is 4.79 Å². The summed E-state index contributed by atoms with van der Waals surface area (Å²) in [7, 11) is 0. The lowest BCUT2D eigenvalue weighted by Gasteiger charge is -2.24. The standard InChI is InChI=1S/C11H18N2O3S/c1-7(14)8(9-12-5-6-17-9)13-10(15)16-11(2,3)4/h5-8,14H,1-4H3,(H,13,15). The molecule has 0 radical (unpaired) electrons. The molecule has 1 amide bonds. The molecular formula is C11H18N2O3S. The van der Waals surface area contributed by atoms with E-state index in [1.807, 2.05) is 0 Å². The average Bonchev–Trinajstić information content (AvgIpc) is 2.63. The van der Waals surface area contributed by atoms with Crippen molar-refractivity contribution in [3.8, 4) is 0 Å². The van der Waals surface area contributed by atoms with Gasteiger partial charge in [-0.2, -0.15) is 0 Å². The molecule has 2 unspecified atom stereocenters. The van der Waals surface area contributed by atoms with Crippen LogP contribution in [0.3, 0.4) is 0 Å². The van der Waals surface area contributed by atoms with Gasteiger partial charge in [0.25, 0.3) is 0 Å². The van der Waals surface area contributed by atoms with Crippen molar-refractivity contribution in [2.75, 3.05) is 0 Å². The quantitative estimate of drug-likeness (QED) is 0.871. The minimum Gasteiger partial charge on any atom is -0.444 e. The summed E-state index contributed by atoms with van der Waals surface area (Å²) >= 11 is 1.38. The lowest BCUT2D eigenvalue weighted by Crippen LogP contribution is -2.38. The number of ether oxygens (including phenoxy) is 1. The third kappa shape index (κ3) is 4.70. The van der Waals surface area contributed by atoms with Gasteiger partial charge in [-0.25, -0.2) is 9.78 Å².